The van der Waals surface area contributed by atoms with Crippen molar-refractivity contribution in [2.45, 2.75) is 117 Å². The highest BCUT2D eigenvalue weighted by Gasteiger charge is 2.43. The van der Waals surface area contributed by atoms with Crippen molar-refractivity contribution in [2.24, 2.45) is 0 Å². The first-order chi connectivity index (χ1) is 18.9. The lowest BCUT2D eigenvalue weighted by molar-refractivity contribution is -0.147. The van der Waals surface area contributed by atoms with Gasteiger partial charge in [-0.05, 0) is 89.5 Å². The summed E-state index contributed by atoms with van der Waals surface area (Å²) in [7, 11) is 0. The third-order valence-corrected chi connectivity index (χ3v) is 7.45. The highest BCUT2D eigenvalue weighted by molar-refractivity contribution is 5.93. The number of alkyl carbamates (subject to hydrolysis) is 1. The summed E-state index contributed by atoms with van der Waals surface area (Å²) in [6.45, 7) is 13.4. The highest BCUT2D eigenvalue weighted by Crippen LogP contribution is 2.36. The summed E-state index contributed by atoms with van der Waals surface area (Å²) in [5.74, 6) is -0.459. The van der Waals surface area contributed by atoms with Crippen molar-refractivity contribution in [1.29, 1.82) is 0 Å². The molecule has 1 fully saturated rings. The van der Waals surface area contributed by atoms with Gasteiger partial charge in [0.1, 0.15) is 17.7 Å². The normalized spacial score (nSPS) is 15.8. The van der Waals surface area contributed by atoms with Crippen LogP contribution in [0.2, 0.25) is 0 Å². The van der Waals surface area contributed by atoms with Gasteiger partial charge in [-0.3, -0.25) is 9.59 Å². The number of carbonyl (C=O) groups is 3. The lowest BCUT2D eigenvalue weighted by Crippen LogP contribution is -2.58. The first-order valence-electron chi connectivity index (χ1n) is 14.6. The molecule has 3 rings (SSSR count). The summed E-state index contributed by atoms with van der Waals surface area (Å²) in [6, 6.07) is 13.7. The van der Waals surface area contributed by atoms with Crippen molar-refractivity contribution in [3.8, 4) is 0 Å². The molecule has 0 spiro atoms. The molecule has 0 bridgehead atoms. The second-order valence-corrected chi connectivity index (χ2v) is 12.1. The third-order valence-electron chi connectivity index (χ3n) is 7.45. The Balaban J connectivity index is 2.08. The Labute approximate surface area is 240 Å². The van der Waals surface area contributed by atoms with Crippen molar-refractivity contribution < 1.29 is 19.1 Å². The minimum atomic E-state index is -0.898. The fourth-order valence-electron chi connectivity index (χ4n) is 5.34. The molecule has 3 atom stereocenters. The van der Waals surface area contributed by atoms with Gasteiger partial charge in [0.2, 0.25) is 11.8 Å². The molecule has 0 saturated heterocycles. The van der Waals surface area contributed by atoms with Gasteiger partial charge in [-0.1, -0.05) is 61.9 Å². The lowest BCUT2D eigenvalue weighted by Gasteiger charge is -2.44. The maximum absolute atomic E-state index is 14.6. The van der Waals surface area contributed by atoms with Gasteiger partial charge in [-0.25, -0.2) is 4.79 Å². The van der Waals surface area contributed by atoms with Crippen LogP contribution in [-0.2, 0) is 20.7 Å². The zero-order chi connectivity index (χ0) is 29.4. The summed E-state index contributed by atoms with van der Waals surface area (Å²) >= 11 is 0. The molecule has 1 aliphatic rings. The molecule has 2 N–H and O–H groups in total. The molecule has 3 unspecified atom stereocenters. The zero-order valence-corrected chi connectivity index (χ0v) is 25.3. The maximum Gasteiger partial charge on any atom is 0.408 e. The van der Waals surface area contributed by atoms with Gasteiger partial charge >= 0.3 is 6.09 Å². The zero-order valence-electron chi connectivity index (χ0n) is 25.3. The summed E-state index contributed by atoms with van der Waals surface area (Å²) in [6.07, 6.45) is 4.05. The van der Waals surface area contributed by atoms with E-state index in [2.05, 4.69) is 17.6 Å². The van der Waals surface area contributed by atoms with Crippen molar-refractivity contribution in [2.75, 3.05) is 0 Å². The van der Waals surface area contributed by atoms with E-state index in [1.165, 1.54) is 0 Å². The van der Waals surface area contributed by atoms with Crippen molar-refractivity contribution in [1.82, 2.24) is 15.5 Å². The minimum Gasteiger partial charge on any atom is -0.444 e. The van der Waals surface area contributed by atoms with Crippen LogP contribution in [0, 0.1) is 13.8 Å². The van der Waals surface area contributed by atoms with Crippen molar-refractivity contribution in [3.63, 3.8) is 0 Å². The van der Waals surface area contributed by atoms with Crippen molar-refractivity contribution >= 4 is 17.9 Å². The molecular weight excluding hydrogens is 502 g/mol. The topological polar surface area (TPSA) is 87.7 Å². The molecule has 0 aliphatic heterocycles. The van der Waals surface area contributed by atoms with Gasteiger partial charge in [-0.2, -0.15) is 0 Å². The van der Waals surface area contributed by atoms with E-state index in [9.17, 15) is 14.4 Å². The van der Waals surface area contributed by atoms with Crippen molar-refractivity contribution in [3.05, 3.63) is 70.8 Å². The van der Waals surface area contributed by atoms with E-state index >= 15 is 0 Å². The van der Waals surface area contributed by atoms with E-state index in [4.69, 9.17) is 4.74 Å². The van der Waals surface area contributed by atoms with E-state index in [1.807, 2.05) is 69.3 Å². The smallest absolute Gasteiger partial charge is 0.408 e. The maximum atomic E-state index is 14.6. The van der Waals surface area contributed by atoms with Gasteiger partial charge in [-0.15, -0.1) is 0 Å². The van der Waals surface area contributed by atoms with E-state index < -0.39 is 23.8 Å². The Morgan fingerprint density at radius 2 is 1.60 bits per heavy atom. The molecular formula is C33H47N3O4. The number of rotatable bonds is 11. The molecule has 2 aromatic rings. The SMILES string of the molecule is CCCC(C)NC(=O)C(c1c(C)cccc1C)N(C(=O)C(Cc1ccccc1)NC(=O)OC(C)(C)C)C1CCC1. The van der Waals surface area contributed by atoms with Crippen LogP contribution < -0.4 is 10.6 Å². The van der Waals surface area contributed by atoms with Crippen LogP contribution >= 0.6 is 0 Å². The van der Waals surface area contributed by atoms with Crippen LogP contribution in [0.5, 0.6) is 0 Å². The Kier molecular flexibility index (Phi) is 10.8. The predicted molar refractivity (Wildman–Crippen MR) is 159 cm³/mol. The van der Waals surface area contributed by atoms with Gasteiger partial charge in [0.15, 0.2) is 0 Å². The van der Waals surface area contributed by atoms with Crippen LogP contribution in [-0.4, -0.2) is 46.5 Å². The lowest BCUT2D eigenvalue weighted by atomic mass is 9.85. The number of nitrogens with one attached hydrogen (secondary N) is 2. The molecule has 40 heavy (non-hydrogen) atoms. The standard InChI is InChI=1S/C33H47N3O4/c1-8-14-24(4)34-30(37)29(28-22(2)15-12-16-23(28)3)36(26-19-13-20-26)31(38)27(21-25-17-10-9-11-18-25)35-32(39)40-33(5,6)7/h9-12,15-18,24,26-27,29H,8,13-14,19-21H2,1-7H3,(H,34,37)(H,35,39). The number of hydrogen-bond donors (Lipinski definition) is 2. The van der Waals surface area contributed by atoms with E-state index in [0.717, 1.165) is 54.4 Å². The number of ether oxygens (including phenoxy) is 1. The van der Waals surface area contributed by atoms with Crippen LogP contribution in [0.25, 0.3) is 0 Å². The second-order valence-electron chi connectivity index (χ2n) is 12.1. The number of benzene rings is 2. The van der Waals surface area contributed by atoms with Crippen LogP contribution in [0.4, 0.5) is 4.79 Å². The second kappa shape index (κ2) is 13.8. The molecule has 1 aliphatic carbocycles. The van der Waals surface area contributed by atoms with Gasteiger partial charge in [0.25, 0.3) is 0 Å². The van der Waals surface area contributed by atoms with Gasteiger partial charge in [0.05, 0.1) is 0 Å². The fourth-order valence-corrected chi connectivity index (χ4v) is 5.34. The molecule has 0 heterocycles. The number of aryl methyl sites for hydroxylation is 2. The molecule has 2 aromatic carbocycles. The summed E-state index contributed by atoms with van der Waals surface area (Å²) in [4.78, 5) is 43.4. The number of carbonyl (C=O) groups excluding carboxylic acids is 3. The van der Waals surface area contributed by atoms with Gasteiger partial charge < -0.3 is 20.3 Å². The Hall–Kier alpha value is -3.35. The summed E-state index contributed by atoms with van der Waals surface area (Å²) in [5.41, 5.74) is 2.96. The predicted octanol–water partition coefficient (Wildman–Crippen LogP) is 6.17. The monoisotopic (exact) mass is 549 g/mol. The number of amides is 3. The highest BCUT2D eigenvalue weighted by atomic mass is 16.6. The van der Waals surface area contributed by atoms with Crippen LogP contribution in [0.1, 0.15) is 95.0 Å². The number of hydrogen-bond acceptors (Lipinski definition) is 4. The summed E-state index contributed by atoms with van der Waals surface area (Å²) in [5, 5.41) is 6.04. The molecule has 3 amide bonds. The average Bonchev–Trinajstić information content (AvgIpc) is 2.83. The Morgan fingerprint density at radius 1 is 0.975 bits per heavy atom. The third kappa shape index (κ3) is 8.33. The molecule has 7 nitrogen and oxygen atoms in total. The largest absolute Gasteiger partial charge is 0.444 e. The molecule has 0 aromatic heterocycles. The van der Waals surface area contributed by atoms with Crippen LogP contribution in [0.3, 0.4) is 0 Å². The number of nitrogens with zero attached hydrogens (tertiary/aromatic N) is 1. The summed E-state index contributed by atoms with van der Waals surface area (Å²) < 4.78 is 5.55. The fraction of sp³-hybridized carbons (Fsp3) is 0.545. The first-order valence-corrected chi connectivity index (χ1v) is 14.6. The molecule has 1 saturated carbocycles. The average molecular weight is 550 g/mol. The van der Waals surface area contributed by atoms with Crippen LogP contribution in [0.15, 0.2) is 48.5 Å². The van der Waals surface area contributed by atoms with E-state index in [1.54, 1.807) is 25.7 Å². The van der Waals surface area contributed by atoms with Gasteiger partial charge in [0, 0.05) is 18.5 Å². The molecule has 0 radical (unpaired) electrons. The first kappa shape index (κ1) is 31.2. The molecule has 218 valence electrons. The van der Waals surface area contributed by atoms with E-state index in [0.29, 0.717) is 0 Å². The quantitative estimate of drug-likeness (QED) is 0.351. The van der Waals surface area contributed by atoms with E-state index in [-0.39, 0.29) is 30.3 Å². The molecule has 7 heteroatoms. The minimum absolute atomic E-state index is 0.0253. The Morgan fingerprint density at radius 3 is 2.12 bits per heavy atom. The Bertz CT molecular complexity index is 1130.